The predicted molar refractivity (Wildman–Crippen MR) is 68.9 cm³/mol. The van der Waals surface area contributed by atoms with Crippen molar-refractivity contribution in [3.63, 3.8) is 0 Å². The quantitative estimate of drug-likeness (QED) is 0.787. The van der Waals surface area contributed by atoms with E-state index < -0.39 is 6.10 Å². The molecule has 0 heterocycles. The lowest BCUT2D eigenvalue weighted by molar-refractivity contribution is -0.122. The Hall–Kier alpha value is -1.00. The first-order valence-electron chi connectivity index (χ1n) is 5.80. The maximum absolute atomic E-state index is 11.4. The van der Waals surface area contributed by atoms with Crippen LogP contribution in [0.15, 0.2) is 29.2 Å². The molecule has 2 rings (SSSR count). The summed E-state index contributed by atoms with van der Waals surface area (Å²) in [6.07, 6.45) is 3.38. The number of hydrogen-bond acceptors (Lipinski definition) is 3. The molecule has 0 bridgehead atoms. The lowest BCUT2D eigenvalue weighted by Crippen LogP contribution is -2.29. The van der Waals surface area contributed by atoms with Crippen LogP contribution < -0.4 is 5.32 Å². The summed E-state index contributed by atoms with van der Waals surface area (Å²) in [6, 6.07) is 7.76. The fraction of sp³-hybridized carbons (Fsp3) is 0.462. The van der Waals surface area contributed by atoms with Crippen molar-refractivity contribution in [3.05, 3.63) is 29.8 Å². The first-order valence-corrected chi connectivity index (χ1v) is 7.03. The number of thioether (sulfide) groups is 1. The van der Waals surface area contributed by atoms with Crippen LogP contribution in [-0.4, -0.2) is 23.8 Å². The van der Waals surface area contributed by atoms with E-state index in [1.807, 2.05) is 30.5 Å². The fourth-order valence-corrected chi connectivity index (χ4v) is 2.04. The number of carbonyl (C=O) groups excluding carboxylic acids is 1. The van der Waals surface area contributed by atoms with E-state index in [0.29, 0.717) is 6.54 Å². The number of aliphatic hydroxyl groups excluding tert-OH is 1. The molecular formula is C13H17NO2S. The summed E-state index contributed by atoms with van der Waals surface area (Å²) in [5.74, 6) is 0.269. The summed E-state index contributed by atoms with van der Waals surface area (Å²) in [6.45, 7) is 0.300. The number of benzene rings is 1. The highest BCUT2D eigenvalue weighted by Crippen LogP contribution is 2.28. The van der Waals surface area contributed by atoms with Crippen LogP contribution in [0.5, 0.6) is 0 Å². The standard InChI is InChI=1S/C13H17NO2S/c1-17-11-6-4-9(5-7-11)12(15)8-14-13(16)10-2-3-10/h4-7,10,12,15H,2-3,8H2,1H3,(H,14,16)/t12-/m1/s1. The molecule has 4 heteroatoms. The second-order valence-corrected chi connectivity index (χ2v) is 5.19. The van der Waals surface area contributed by atoms with Gasteiger partial charge >= 0.3 is 0 Å². The van der Waals surface area contributed by atoms with Gasteiger partial charge in [0, 0.05) is 17.4 Å². The third-order valence-corrected chi connectivity index (χ3v) is 3.66. The molecule has 0 saturated heterocycles. The van der Waals surface area contributed by atoms with Crippen LogP contribution in [0, 0.1) is 5.92 Å². The van der Waals surface area contributed by atoms with Crippen molar-refractivity contribution in [2.45, 2.75) is 23.8 Å². The minimum absolute atomic E-state index is 0.0739. The number of carbonyl (C=O) groups is 1. The Bertz CT molecular complexity index is 387. The minimum atomic E-state index is -0.617. The van der Waals surface area contributed by atoms with Gasteiger partial charge in [0.05, 0.1) is 6.10 Å². The first-order chi connectivity index (χ1) is 8.20. The number of nitrogens with one attached hydrogen (secondary N) is 1. The van der Waals surface area contributed by atoms with E-state index in [1.165, 1.54) is 4.90 Å². The van der Waals surface area contributed by atoms with Gasteiger partial charge < -0.3 is 10.4 Å². The van der Waals surface area contributed by atoms with Gasteiger partial charge in [-0.25, -0.2) is 0 Å². The maximum atomic E-state index is 11.4. The molecule has 0 unspecified atom stereocenters. The Balaban J connectivity index is 1.85. The molecule has 0 aliphatic heterocycles. The van der Waals surface area contributed by atoms with Gasteiger partial charge in [-0.2, -0.15) is 0 Å². The summed E-state index contributed by atoms with van der Waals surface area (Å²) in [7, 11) is 0. The molecule has 0 spiro atoms. The van der Waals surface area contributed by atoms with Crippen LogP contribution in [-0.2, 0) is 4.79 Å². The summed E-state index contributed by atoms with van der Waals surface area (Å²) >= 11 is 1.67. The Morgan fingerprint density at radius 1 is 1.47 bits per heavy atom. The average Bonchev–Trinajstić information content (AvgIpc) is 3.20. The molecule has 1 aliphatic carbocycles. The van der Waals surface area contributed by atoms with Gasteiger partial charge in [0.25, 0.3) is 0 Å². The van der Waals surface area contributed by atoms with Crippen molar-refractivity contribution in [2.24, 2.45) is 5.92 Å². The largest absolute Gasteiger partial charge is 0.387 e. The van der Waals surface area contributed by atoms with Gasteiger partial charge in [-0.05, 0) is 36.8 Å². The van der Waals surface area contributed by atoms with E-state index in [2.05, 4.69) is 5.32 Å². The topological polar surface area (TPSA) is 49.3 Å². The molecule has 3 nitrogen and oxygen atoms in total. The van der Waals surface area contributed by atoms with E-state index in [0.717, 1.165) is 18.4 Å². The van der Waals surface area contributed by atoms with E-state index >= 15 is 0 Å². The highest BCUT2D eigenvalue weighted by Gasteiger charge is 2.29. The smallest absolute Gasteiger partial charge is 0.223 e. The Morgan fingerprint density at radius 3 is 2.65 bits per heavy atom. The molecule has 92 valence electrons. The zero-order chi connectivity index (χ0) is 12.3. The SMILES string of the molecule is CSc1ccc([C@H](O)CNC(=O)C2CC2)cc1. The van der Waals surface area contributed by atoms with Crippen LogP contribution in [0.4, 0.5) is 0 Å². The van der Waals surface area contributed by atoms with Gasteiger partial charge in [0.2, 0.25) is 5.91 Å². The summed E-state index contributed by atoms with van der Waals surface area (Å²) in [5, 5.41) is 12.7. The lowest BCUT2D eigenvalue weighted by Gasteiger charge is -2.12. The molecule has 17 heavy (non-hydrogen) atoms. The molecule has 1 aromatic rings. The van der Waals surface area contributed by atoms with Crippen LogP contribution in [0.1, 0.15) is 24.5 Å². The van der Waals surface area contributed by atoms with Gasteiger partial charge in [-0.1, -0.05) is 12.1 Å². The highest BCUT2D eigenvalue weighted by molar-refractivity contribution is 7.98. The first kappa shape index (κ1) is 12.5. The van der Waals surface area contributed by atoms with Crippen LogP contribution in [0.2, 0.25) is 0 Å². The third kappa shape index (κ3) is 3.48. The molecule has 1 aromatic carbocycles. The molecule has 1 atom stereocenters. The zero-order valence-electron chi connectivity index (χ0n) is 9.85. The minimum Gasteiger partial charge on any atom is -0.387 e. The number of hydrogen-bond donors (Lipinski definition) is 2. The molecule has 1 amide bonds. The van der Waals surface area contributed by atoms with Crippen LogP contribution >= 0.6 is 11.8 Å². The third-order valence-electron chi connectivity index (χ3n) is 2.92. The van der Waals surface area contributed by atoms with E-state index in [4.69, 9.17) is 0 Å². The molecule has 1 aliphatic rings. The lowest BCUT2D eigenvalue weighted by atomic mass is 10.1. The van der Waals surface area contributed by atoms with Gasteiger partial charge in [0.1, 0.15) is 0 Å². The van der Waals surface area contributed by atoms with E-state index in [1.54, 1.807) is 11.8 Å². The van der Waals surface area contributed by atoms with Crippen molar-refractivity contribution < 1.29 is 9.90 Å². The van der Waals surface area contributed by atoms with Crippen LogP contribution in [0.25, 0.3) is 0 Å². The molecule has 0 aromatic heterocycles. The Kier molecular flexibility index (Phi) is 4.07. The van der Waals surface area contributed by atoms with Crippen molar-refractivity contribution in [2.75, 3.05) is 12.8 Å². The van der Waals surface area contributed by atoms with Crippen molar-refractivity contribution in [1.82, 2.24) is 5.32 Å². The Morgan fingerprint density at radius 2 is 2.12 bits per heavy atom. The number of rotatable bonds is 5. The molecule has 1 saturated carbocycles. The average molecular weight is 251 g/mol. The highest BCUT2D eigenvalue weighted by atomic mass is 32.2. The van der Waals surface area contributed by atoms with E-state index in [9.17, 15) is 9.90 Å². The van der Waals surface area contributed by atoms with Gasteiger partial charge in [-0.3, -0.25) is 4.79 Å². The zero-order valence-corrected chi connectivity index (χ0v) is 10.7. The fourth-order valence-electron chi connectivity index (χ4n) is 1.63. The Labute approximate surface area is 106 Å². The predicted octanol–water partition coefficient (Wildman–Crippen LogP) is 1.97. The molecule has 1 fully saturated rings. The maximum Gasteiger partial charge on any atom is 0.223 e. The second-order valence-electron chi connectivity index (χ2n) is 4.31. The number of amides is 1. The van der Waals surface area contributed by atoms with Gasteiger partial charge in [0.15, 0.2) is 0 Å². The summed E-state index contributed by atoms with van der Waals surface area (Å²) < 4.78 is 0. The number of aliphatic hydroxyl groups is 1. The van der Waals surface area contributed by atoms with Crippen molar-refractivity contribution in [3.8, 4) is 0 Å². The van der Waals surface area contributed by atoms with Crippen LogP contribution in [0.3, 0.4) is 0 Å². The monoisotopic (exact) mass is 251 g/mol. The molecule has 0 radical (unpaired) electrons. The normalized spacial score (nSPS) is 16.6. The second kappa shape index (κ2) is 5.56. The summed E-state index contributed by atoms with van der Waals surface area (Å²) in [4.78, 5) is 12.6. The van der Waals surface area contributed by atoms with E-state index in [-0.39, 0.29) is 11.8 Å². The van der Waals surface area contributed by atoms with Gasteiger partial charge in [-0.15, -0.1) is 11.8 Å². The van der Waals surface area contributed by atoms with Crippen molar-refractivity contribution in [1.29, 1.82) is 0 Å². The molecule has 2 N–H and O–H groups in total. The molecular weight excluding hydrogens is 234 g/mol. The summed E-state index contributed by atoms with van der Waals surface area (Å²) in [5.41, 5.74) is 0.846. The van der Waals surface area contributed by atoms with Crippen molar-refractivity contribution >= 4 is 17.7 Å².